The summed E-state index contributed by atoms with van der Waals surface area (Å²) >= 11 is 3.13. The van der Waals surface area contributed by atoms with E-state index in [4.69, 9.17) is 5.84 Å². The van der Waals surface area contributed by atoms with Crippen molar-refractivity contribution in [2.45, 2.75) is 0 Å². The van der Waals surface area contributed by atoms with Crippen LogP contribution in [0, 0.1) is 5.82 Å². The van der Waals surface area contributed by atoms with Crippen molar-refractivity contribution in [2.24, 2.45) is 5.84 Å². The van der Waals surface area contributed by atoms with Crippen molar-refractivity contribution in [3.63, 3.8) is 0 Å². The van der Waals surface area contributed by atoms with Crippen LogP contribution >= 0.6 is 15.9 Å². The number of H-pyrrole nitrogens is 1. The minimum atomic E-state index is -0.337. The molecule has 9 heteroatoms. The summed E-state index contributed by atoms with van der Waals surface area (Å²) in [4.78, 5) is 8.32. The van der Waals surface area contributed by atoms with E-state index in [2.05, 4.69) is 46.8 Å². The molecule has 5 N–H and O–H groups in total. The number of anilines is 3. The maximum Gasteiger partial charge on any atom is 0.241 e. The second-order valence-corrected chi connectivity index (χ2v) is 4.78. The molecule has 3 rings (SSSR count). The lowest BCUT2D eigenvalue weighted by Crippen LogP contribution is -2.11. The number of nitrogens with zero attached hydrogens (tertiary/aromatic N) is 3. The Hall–Kier alpha value is -2.26. The molecule has 0 radical (unpaired) electrons. The molecule has 2 aromatic heterocycles. The summed E-state index contributed by atoms with van der Waals surface area (Å²) in [6, 6.07) is 4.56. The summed E-state index contributed by atoms with van der Waals surface area (Å²) in [5.74, 6) is 5.74. The molecule has 0 fully saturated rings. The Labute approximate surface area is 120 Å². The van der Waals surface area contributed by atoms with Crippen molar-refractivity contribution >= 4 is 44.4 Å². The molecular formula is C11H9BrFN7. The summed E-state index contributed by atoms with van der Waals surface area (Å²) in [6.07, 6.45) is 1.59. The predicted molar refractivity (Wildman–Crippen MR) is 76.9 cm³/mol. The number of rotatable bonds is 3. The number of benzene rings is 1. The van der Waals surface area contributed by atoms with Crippen molar-refractivity contribution in [3.8, 4) is 0 Å². The Morgan fingerprint density at radius 1 is 1.30 bits per heavy atom. The number of nitrogens with one attached hydrogen (secondary N) is 3. The van der Waals surface area contributed by atoms with Crippen LogP contribution < -0.4 is 16.6 Å². The Morgan fingerprint density at radius 2 is 2.15 bits per heavy atom. The zero-order chi connectivity index (χ0) is 14.1. The SMILES string of the molecule is NNc1nc(Nc2ccc(F)c(Br)c2)c2cn[nH]c2n1. The van der Waals surface area contributed by atoms with Crippen LogP contribution in [-0.2, 0) is 0 Å². The van der Waals surface area contributed by atoms with Gasteiger partial charge in [-0.3, -0.25) is 10.5 Å². The minimum Gasteiger partial charge on any atom is -0.339 e. The largest absolute Gasteiger partial charge is 0.339 e. The Bertz CT molecular complexity index is 773. The lowest BCUT2D eigenvalue weighted by atomic mass is 10.3. The smallest absolute Gasteiger partial charge is 0.241 e. The van der Waals surface area contributed by atoms with E-state index >= 15 is 0 Å². The number of halogens is 2. The van der Waals surface area contributed by atoms with Gasteiger partial charge < -0.3 is 5.32 Å². The Balaban J connectivity index is 2.04. The first-order chi connectivity index (χ1) is 9.67. The molecule has 0 atom stereocenters. The third kappa shape index (κ3) is 2.28. The van der Waals surface area contributed by atoms with Gasteiger partial charge in [0.15, 0.2) is 5.65 Å². The number of fused-ring (bicyclic) bond motifs is 1. The van der Waals surface area contributed by atoms with Crippen LogP contribution in [0.2, 0.25) is 0 Å². The molecule has 0 unspecified atom stereocenters. The van der Waals surface area contributed by atoms with Gasteiger partial charge in [-0.25, -0.2) is 10.2 Å². The fraction of sp³-hybridized carbons (Fsp3) is 0. The average molecular weight is 338 g/mol. The van der Waals surface area contributed by atoms with Crippen LogP contribution in [0.15, 0.2) is 28.9 Å². The van der Waals surface area contributed by atoms with Crippen LogP contribution in [-0.4, -0.2) is 20.2 Å². The summed E-state index contributed by atoms with van der Waals surface area (Å²) in [5, 5.41) is 10.4. The van der Waals surface area contributed by atoms with Gasteiger partial charge in [0.25, 0.3) is 0 Å². The summed E-state index contributed by atoms with van der Waals surface area (Å²) < 4.78 is 13.6. The molecule has 2 heterocycles. The van der Waals surface area contributed by atoms with Crippen LogP contribution in [0.25, 0.3) is 11.0 Å². The standard InChI is InChI=1S/C11H9BrFN7/c12-7-3-5(1-2-8(7)13)16-9-6-4-15-20-10(6)18-11(17-9)19-14/h1-4H,14H2,(H3,15,16,17,18,19,20). The molecular weight excluding hydrogens is 329 g/mol. The van der Waals surface area contributed by atoms with Gasteiger partial charge in [-0.15, -0.1) is 0 Å². The number of hydrogen-bond donors (Lipinski definition) is 4. The van der Waals surface area contributed by atoms with E-state index in [-0.39, 0.29) is 11.8 Å². The van der Waals surface area contributed by atoms with E-state index in [9.17, 15) is 4.39 Å². The van der Waals surface area contributed by atoms with Crippen molar-refractivity contribution in [1.82, 2.24) is 20.2 Å². The zero-order valence-electron chi connectivity index (χ0n) is 9.98. The van der Waals surface area contributed by atoms with Gasteiger partial charge in [0.2, 0.25) is 5.95 Å². The topological polar surface area (TPSA) is 105 Å². The van der Waals surface area contributed by atoms with E-state index in [1.54, 1.807) is 18.3 Å². The molecule has 0 aliphatic carbocycles. The monoisotopic (exact) mass is 337 g/mol. The van der Waals surface area contributed by atoms with Crippen molar-refractivity contribution in [3.05, 3.63) is 34.7 Å². The molecule has 0 aliphatic heterocycles. The van der Waals surface area contributed by atoms with E-state index in [0.717, 1.165) is 0 Å². The molecule has 0 saturated heterocycles. The number of hydrazine groups is 1. The number of aromatic amines is 1. The van der Waals surface area contributed by atoms with Crippen LogP contribution in [0.3, 0.4) is 0 Å². The van der Waals surface area contributed by atoms with Crippen LogP contribution in [0.1, 0.15) is 0 Å². The molecule has 0 aliphatic rings. The first-order valence-electron chi connectivity index (χ1n) is 5.57. The summed E-state index contributed by atoms with van der Waals surface area (Å²) in [5.41, 5.74) is 3.58. The van der Waals surface area contributed by atoms with E-state index < -0.39 is 0 Å². The summed E-state index contributed by atoms with van der Waals surface area (Å²) in [7, 11) is 0. The molecule has 0 bridgehead atoms. The van der Waals surface area contributed by atoms with Gasteiger partial charge in [0.05, 0.1) is 16.1 Å². The second kappa shape index (κ2) is 5.02. The van der Waals surface area contributed by atoms with E-state index in [1.165, 1.54) is 6.07 Å². The number of hydrogen-bond acceptors (Lipinski definition) is 6. The third-order valence-electron chi connectivity index (χ3n) is 2.62. The molecule has 3 aromatic rings. The highest BCUT2D eigenvalue weighted by Gasteiger charge is 2.10. The lowest BCUT2D eigenvalue weighted by molar-refractivity contribution is 0.621. The number of nitrogen functional groups attached to an aromatic ring is 1. The first-order valence-corrected chi connectivity index (χ1v) is 6.36. The van der Waals surface area contributed by atoms with E-state index in [1.807, 2.05) is 0 Å². The van der Waals surface area contributed by atoms with Gasteiger partial charge >= 0.3 is 0 Å². The first kappa shape index (κ1) is 12.8. The van der Waals surface area contributed by atoms with E-state index in [0.29, 0.717) is 27.0 Å². The lowest BCUT2D eigenvalue weighted by Gasteiger charge is -2.08. The Kier molecular flexibility index (Phi) is 3.20. The Morgan fingerprint density at radius 3 is 2.90 bits per heavy atom. The van der Waals surface area contributed by atoms with Gasteiger partial charge in [0, 0.05) is 5.69 Å². The molecule has 20 heavy (non-hydrogen) atoms. The third-order valence-corrected chi connectivity index (χ3v) is 3.23. The quantitative estimate of drug-likeness (QED) is 0.431. The predicted octanol–water partition coefficient (Wildman–Crippen LogP) is 2.28. The molecule has 0 spiro atoms. The van der Waals surface area contributed by atoms with Gasteiger partial charge in [-0.05, 0) is 34.1 Å². The average Bonchev–Trinajstić information content (AvgIpc) is 2.91. The molecule has 1 aromatic carbocycles. The second-order valence-electron chi connectivity index (χ2n) is 3.93. The van der Waals surface area contributed by atoms with Crippen molar-refractivity contribution in [1.29, 1.82) is 0 Å². The maximum atomic E-state index is 13.2. The number of aromatic nitrogens is 4. The molecule has 0 amide bonds. The highest BCUT2D eigenvalue weighted by Crippen LogP contribution is 2.26. The van der Waals surface area contributed by atoms with Crippen LogP contribution in [0.5, 0.6) is 0 Å². The van der Waals surface area contributed by atoms with Crippen LogP contribution in [0.4, 0.5) is 21.8 Å². The van der Waals surface area contributed by atoms with Gasteiger partial charge in [0.1, 0.15) is 11.6 Å². The maximum absolute atomic E-state index is 13.2. The van der Waals surface area contributed by atoms with Gasteiger partial charge in [-0.1, -0.05) is 0 Å². The summed E-state index contributed by atoms with van der Waals surface area (Å²) in [6.45, 7) is 0. The van der Waals surface area contributed by atoms with Gasteiger partial charge in [-0.2, -0.15) is 15.1 Å². The molecule has 0 saturated carbocycles. The highest BCUT2D eigenvalue weighted by molar-refractivity contribution is 9.10. The number of nitrogens with two attached hydrogens (primary N) is 1. The molecule has 102 valence electrons. The van der Waals surface area contributed by atoms with Crippen molar-refractivity contribution < 1.29 is 4.39 Å². The molecule has 7 nitrogen and oxygen atoms in total. The fourth-order valence-electron chi connectivity index (χ4n) is 1.71. The zero-order valence-corrected chi connectivity index (χ0v) is 11.6. The fourth-order valence-corrected chi connectivity index (χ4v) is 2.08. The van der Waals surface area contributed by atoms with Crippen molar-refractivity contribution in [2.75, 3.05) is 10.7 Å². The highest BCUT2D eigenvalue weighted by atomic mass is 79.9. The minimum absolute atomic E-state index is 0.241. The normalized spacial score (nSPS) is 10.8.